The summed E-state index contributed by atoms with van der Waals surface area (Å²) in [7, 11) is 0. The molecule has 92 valence electrons. The van der Waals surface area contributed by atoms with Gasteiger partial charge >= 0.3 is 11.8 Å². The molecule has 0 atom stereocenters. The molecule has 0 saturated heterocycles. The van der Waals surface area contributed by atoms with Gasteiger partial charge in [-0.05, 0) is 17.9 Å². The Morgan fingerprint density at radius 1 is 1.56 bits per heavy atom. The number of aryl methyl sites for hydroxylation is 1. The maximum Gasteiger partial charge on any atom is 0.390 e. The summed E-state index contributed by atoms with van der Waals surface area (Å²) in [5, 5.41) is 23.2. The second kappa shape index (κ2) is 4.24. The Morgan fingerprint density at radius 3 is 2.83 bits per heavy atom. The van der Waals surface area contributed by atoms with Crippen molar-refractivity contribution in [2.75, 3.05) is 0 Å². The Bertz CT molecular complexity index is 635. The van der Waals surface area contributed by atoms with Crippen LogP contribution in [0.3, 0.4) is 0 Å². The number of nitro groups is 1. The van der Waals surface area contributed by atoms with Gasteiger partial charge in [-0.3, -0.25) is 4.98 Å². The fourth-order valence-electron chi connectivity index (χ4n) is 1.45. The van der Waals surface area contributed by atoms with E-state index in [1.165, 1.54) is 24.5 Å². The molecular formula is C10H8N4O4. The molecule has 1 N–H and O–H groups in total. The minimum absolute atomic E-state index is 0.0707. The first-order chi connectivity index (χ1) is 8.49. The molecule has 0 saturated carbocycles. The lowest BCUT2D eigenvalue weighted by Crippen LogP contribution is -2.07. The number of hydrogen-bond acceptors (Lipinski definition) is 5. The van der Waals surface area contributed by atoms with Crippen LogP contribution < -0.4 is 0 Å². The molecule has 0 bridgehead atoms. The zero-order chi connectivity index (χ0) is 13.3. The molecular weight excluding hydrogens is 240 g/mol. The SMILES string of the molecule is Cc1cc(-n2ccc([N+](=O)[O-])n2)c(C(=O)O)cn1. The first kappa shape index (κ1) is 11.7. The molecule has 0 aromatic carbocycles. The molecule has 0 aliphatic heterocycles. The molecule has 8 nitrogen and oxygen atoms in total. The van der Waals surface area contributed by atoms with E-state index in [0.29, 0.717) is 5.69 Å². The molecule has 2 aromatic heterocycles. The van der Waals surface area contributed by atoms with Crippen LogP contribution in [0, 0.1) is 17.0 Å². The van der Waals surface area contributed by atoms with Crippen LogP contribution in [0.1, 0.15) is 16.1 Å². The number of hydrogen-bond donors (Lipinski definition) is 1. The van der Waals surface area contributed by atoms with Gasteiger partial charge in [0.25, 0.3) is 0 Å². The van der Waals surface area contributed by atoms with Crippen LogP contribution in [0.4, 0.5) is 5.82 Å². The molecule has 8 heteroatoms. The average molecular weight is 248 g/mol. The van der Waals surface area contributed by atoms with Gasteiger partial charge in [0.1, 0.15) is 11.3 Å². The van der Waals surface area contributed by atoms with Crippen molar-refractivity contribution in [2.24, 2.45) is 0 Å². The molecule has 0 radical (unpaired) electrons. The highest BCUT2D eigenvalue weighted by molar-refractivity contribution is 5.91. The van der Waals surface area contributed by atoms with Gasteiger partial charge in [-0.2, -0.15) is 0 Å². The van der Waals surface area contributed by atoms with Gasteiger partial charge in [0.2, 0.25) is 0 Å². The van der Waals surface area contributed by atoms with Gasteiger partial charge in [-0.15, -0.1) is 4.68 Å². The summed E-state index contributed by atoms with van der Waals surface area (Å²) in [6.07, 6.45) is 2.53. The molecule has 0 spiro atoms. The molecule has 2 aromatic rings. The van der Waals surface area contributed by atoms with Gasteiger partial charge in [-0.25, -0.2) is 4.79 Å². The van der Waals surface area contributed by atoms with Gasteiger partial charge in [0, 0.05) is 11.9 Å². The van der Waals surface area contributed by atoms with Crippen LogP contribution in [-0.4, -0.2) is 30.8 Å². The highest BCUT2D eigenvalue weighted by Crippen LogP contribution is 2.17. The van der Waals surface area contributed by atoms with E-state index in [9.17, 15) is 14.9 Å². The minimum atomic E-state index is -1.17. The summed E-state index contributed by atoms with van der Waals surface area (Å²) < 4.78 is 1.15. The number of carboxylic acids is 1. The van der Waals surface area contributed by atoms with Crippen LogP contribution in [-0.2, 0) is 0 Å². The predicted octanol–water partition coefficient (Wildman–Crippen LogP) is 1.18. The third-order valence-electron chi connectivity index (χ3n) is 2.26. The third-order valence-corrected chi connectivity index (χ3v) is 2.26. The molecule has 0 aliphatic carbocycles. The van der Waals surface area contributed by atoms with Crippen molar-refractivity contribution in [3.63, 3.8) is 0 Å². The van der Waals surface area contributed by atoms with E-state index in [4.69, 9.17) is 5.11 Å². The van der Waals surface area contributed by atoms with E-state index in [0.717, 1.165) is 4.68 Å². The Hall–Kier alpha value is -2.77. The van der Waals surface area contributed by atoms with Gasteiger partial charge < -0.3 is 15.2 Å². The van der Waals surface area contributed by atoms with E-state index < -0.39 is 10.9 Å². The van der Waals surface area contributed by atoms with Gasteiger partial charge in [-0.1, -0.05) is 0 Å². The zero-order valence-corrected chi connectivity index (χ0v) is 9.27. The minimum Gasteiger partial charge on any atom is -0.478 e. The van der Waals surface area contributed by atoms with E-state index in [1.54, 1.807) is 6.92 Å². The standard InChI is InChI=1S/C10H8N4O4/c1-6-4-8(7(5-11-6)10(15)16)13-3-2-9(12-13)14(17)18/h2-5H,1H3,(H,15,16). The van der Waals surface area contributed by atoms with Crippen molar-refractivity contribution in [1.82, 2.24) is 14.8 Å². The molecule has 2 heterocycles. The summed E-state index contributed by atoms with van der Waals surface area (Å²) in [4.78, 5) is 24.8. The Kier molecular flexibility index (Phi) is 2.76. The summed E-state index contributed by atoms with van der Waals surface area (Å²) in [5.41, 5.74) is 0.759. The van der Waals surface area contributed by atoms with Crippen LogP contribution in [0.2, 0.25) is 0 Å². The van der Waals surface area contributed by atoms with Crippen LogP contribution in [0.15, 0.2) is 24.5 Å². The number of carbonyl (C=O) groups is 1. The van der Waals surface area contributed by atoms with Crippen molar-refractivity contribution in [3.05, 3.63) is 45.9 Å². The molecule has 0 fully saturated rings. The smallest absolute Gasteiger partial charge is 0.390 e. The van der Waals surface area contributed by atoms with Crippen molar-refractivity contribution < 1.29 is 14.8 Å². The number of rotatable bonds is 3. The highest BCUT2D eigenvalue weighted by Gasteiger charge is 2.18. The van der Waals surface area contributed by atoms with E-state index >= 15 is 0 Å². The quantitative estimate of drug-likeness (QED) is 0.644. The fraction of sp³-hybridized carbons (Fsp3) is 0.100. The number of nitrogens with zero attached hydrogens (tertiary/aromatic N) is 4. The monoisotopic (exact) mass is 248 g/mol. The number of carboxylic acid groups (broad SMARTS) is 1. The second-order valence-corrected chi connectivity index (χ2v) is 3.52. The lowest BCUT2D eigenvalue weighted by Gasteiger charge is -2.03. The Labute approximate surface area is 101 Å². The van der Waals surface area contributed by atoms with Crippen LogP contribution in [0.5, 0.6) is 0 Å². The first-order valence-electron chi connectivity index (χ1n) is 4.89. The second-order valence-electron chi connectivity index (χ2n) is 3.52. The van der Waals surface area contributed by atoms with Gasteiger partial charge in [0.05, 0.1) is 17.4 Å². The largest absolute Gasteiger partial charge is 0.478 e. The normalized spacial score (nSPS) is 10.3. The van der Waals surface area contributed by atoms with Gasteiger partial charge in [0.15, 0.2) is 0 Å². The predicted molar refractivity (Wildman–Crippen MR) is 59.7 cm³/mol. The van der Waals surface area contributed by atoms with Crippen molar-refractivity contribution in [3.8, 4) is 5.69 Å². The van der Waals surface area contributed by atoms with Crippen molar-refractivity contribution in [2.45, 2.75) is 6.92 Å². The maximum absolute atomic E-state index is 11.0. The summed E-state index contributed by atoms with van der Waals surface area (Å²) in [6.45, 7) is 1.69. The Morgan fingerprint density at radius 2 is 2.28 bits per heavy atom. The topological polar surface area (TPSA) is 111 Å². The molecule has 18 heavy (non-hydrogen) atoms. The van der Waals surface area contributed by atoms with Crippen molar-refractivity contribution >= 4 is 11.8 Å². The van der Waals surface area contributed by atoms with Crippen molar-refractivity contribution in [1.29, 1.82) is 0 Å². The maximum atomic E-state index is 11.0. The van der Waals surface area contributed by atoms with Crippen LogP contribution >= 0.6 is 0 Å². The zero-order valence-electron chi connectivity index (χ0n) is 9.27. The first-order valence-corrected chi connectivity index (χ1v) is 4.89. The number of pyridine rings is 1. The lowest BCUT2D eigenvalue weighted by molar-refractivity contribution is -0.389. The van der Waals surface area contributed by atoms with E-state index in [1.807, 2.05) is 0 Å². The average Bonchev–Trinajstić information content (AvgIpc) is 2.77. The Balaban J connectivity index is 2.57. The summed E-state index contributed by atoms with van der Waals surface area (Å²) in [6, 6.07) is 2.70. The lowest BCUT2D eigenvalue weighted by atomic mass is 10.2. The van der Waals surface area contributed by atoms with E-state index in [-0.39, 0.29) is 17.1 Å². The van der Waals surface area contributed by atoms with Crippen LogP contribution in [0.25, 0.3) is 5.69 Å². The highest BCUT2D eigenvalue weighted by atomic mass is 16.6. The summed E-state index contributed by atoms with van der Waals surface area (Å²) in [5.74, 6) is -1.52. The fourth-order valence-corrected chi connectivity index (χ4v) is 1.45. The molecule has 0 unspecified atom stereocenters. The molecule has 0 aliphatic rings. The number of aromatic carboxylic acids is 1. The third kappa shape index (κ3) is 2.03. The number of aromatic nitrogens is 3. The van der Waals surface area contributed by atoms with E-state index in [2.05, 4.69) is 10.1 Å². The summed E-state index contributed by atoms with van der Waals surface area (Å²) >= 11 is 0. The molecule has 0 amide bonds. The molecule has 2 rings (SSSR count).